The average molecular weight is 534 g/mol. The maximum Gasteiger partial charge on any atom is 0.490 e. The lowest BCUT2D eigenvalue weighted by Gasteiger charge is -2.44. The van der Waals surface area contributed by atoms with Gasteiger partial charge in [0.15, 0.2) is 6.10 Å². The van der Waals surface area contributed by atoms with E-state index in [-0.39, 0.29) is 5.91 Å². The van der Waals surface area contributed by atoms with Crippen LogP contribution in [0.5, 0.6) is 0 Å². The van der Waals surface area contributed by atoms with Gasteiger partial charge in [-0.3, -0.25) is 4.79 Å². The van der Waals surface area contributed by atoms with E-state index in [1.807, 2.05) is 17.3 Å². The van der Waals surface area contributed by atoms with E-state index in [0.29, 0.717) is 32.8 Å². The van der Waals surface area contributed by atoms with E-state index in [9.17, 15) is 31.1 Å². The molecule has 1 aromatic heterocycles. The van der Waals surface area contributed by atoms with Crippen molar-refractivity contribution in [1.29, 1.82) is 0 Å². The van der Waals surface area contributed by atoms with Crippen LogP contribution in [0, 0.1) is 0 Å². The number of morpholine rings is 1. The predicted octanol–water partition coefficient (Wildman–Crippen LogP) is 0.986. The number of aromatic nitrogens is 2. The number of carboxylic acid groups (broad SMARTS) is 2. The molecule has 11 nitrogen and oxygen atoms in total. The minimum atomic E-state index is -5.08. The van der Waals surface area contributed by atoms with Crippen molar-refractivity contribution in [3.05, 3.63) is 18.2 Å². The topological polar surface area (TPSA) is 143 Å². The molecular formula is C19H24F6N4O7. The van der Waals surface area contributed by atoms with Crippen LogP contribution < -0.4 is 5.32 Å². The van der Waals surface area contributed by atoms with Crippen LogP contribution in [0.1, 0.15) is 18.7 Å². The Morgan fingerprint density at radius 3 is 1.97 bits per heavy atom. The Morgan fingerprint density at radius 2 is 1.50 bits per heavy atom. The predicted molar refractivity (Wildman–Crippen MR) is 106 cm³/mol. The zero-order chi connectivity index (χ0) is 27.1. The molecule has 0 aromatic carbocycles. The number of halogens is 6. The largest absolute Gasteiger partial charge is 0.490 e. The third-order valence-corrected chi connectivity index (χ3v) is 5.35. The van der Waals surface area contributed by atoms with Crippen molar-refractivity contribution in [3.63, 3.8) is 0 Å². The molecule has 0 saturated carbocycles. The van der Waals surface area contributed by atoms with Crippen molar-refractivity contribution < 1.29 is 60.4 Å². The number of amides is 1. The molecule has 1 aromatic rings. The summed E-state index contributed by atoms with van der Waals surface area (Å²) in [5.41, 5.74) is -0.417. The molecule has 1 spiro atoms. The minimum Gasteiger partial charge on any atom is -0.475 e. The molecule has 1 atom stereocenters. The van der Waals surface area contributed by atoms with Gasteiger partial charge in [0.05, 0.1) is 19.8 Å². The van der Waals surface area contributed by atoms with Crippen molar-refractivity contribution >= 4 is 17.8 Å². The summed E-state index contributed by atoms with van der Waals surface area (Å²) in [4.78, 5) is 37.0. The number of carbonyl (C=O) groups excluding carboxylic acids is 1. The van der Waals surface area contributed by atoms with Crippen molar-refractivity contribution in [3.8, 4) is 0 Å². The number of hydrogen-bond acceptors (Lipinski definition) is 7. The fourth-order valence-electron chi connectivity index (χ4n) is 3.68. The molecule has 1 amide bonds. The summed E-state index contributed by atoms with van der Waals surface area (Å²) in [6, 6.07) is 0. The van der Waals surface area contributed by atoms with E-state index >= 15 is 0 Å². The Hall–Kier alpha value is -2.92. The first-order valence-corrected chi connectivity index (χ1v) is 10.5. The third kappa shape index (κ3) is 7.79. The molecule has 2 saturated heterocycles. The summed E-state index contributed by atoms with van der Waals surface area (Å²) in [7, 11) is 0. The van der Waals surface area contributed by atoms with Gasteiger partial charge in [-0.1, -0.05) is 0 Å². The van der Waals surface area contributed by atoms with Crippen LogP contribution in [0.2, 0.25) is 0 Å². The first kappa shape index (κ1) is 29.3. The molecule has 3 N–H and O–H groups in total. The van der Waals surface area contributed by atoms with Gasteiger partial charge >= 0.3 is 24.3 Å². The molecule has 0 aliphatic carbocycles. The summed E-state index contributed by atoms with van der Waals surface area (Å²) in [6.07, 6.45) is -5.10. The molecule has 4 rings (SSSR count). The highest BCUT2D eigenvalue weighted by atomic mass is 19.4. The summed E-state index contributed by atoms with van der Waals surface area (Å²) in [5.74, 6) is -4.46. The highest BCUT2D eigenvalue weighted by molar-refractivity contribution is 5.81. The third-order valence-electron chi connectivity index (χ3n) is 5.35. The van der Waals surface area contributed by atoms with Gasteiger partial charge in [-0.2, -0.15) is 26.3 Å². The van der Waals surface area contributed by atoms with Gasteiger partial charge in [-0.05, 0) is 25.9 Å². The van der Waals surface area contributed by atoms with Gasteiger partial charge in [-0.25, -0.2) is 14.6 Å². The Bertz CT molecular complexity index is 885. The molecule has 36 heavy (non-hydrogen) atoms. The van der Waals surface area contributed by atoms with E-state index in [1.54, 1.807) is 0 Å². The summed E-state index contributed by atoms with van der Waals surface area (Å²) < 4.78 is 77.3. The number of aliphatic carboxylic acids is 2. The Balaban J connectivity index is 0.000000271. The second-order valence-electron chi connectivity index (χ2n) is 7.80. The maximum absolute atomic E-state index is 12.8. The highest BCUT2D eigenvalue weighted by Gasteiger charge is 2.46. The smallest absolute Gasteiger partial charge is 0.475 e. The van der Waals surface area contributed by atoms with Crippen LogP contribution in [0.3, 0.4) is 0 Å². The number of nitrogens with zero attached hydrogens (tertiary/aromatic N) is 3. The van der Waals surface area contributed by atoms with Crippen molar-refractivity contribution in [2.24, 2.45) is 0 Å². The molecule has 17 heteroatoms. The quantitative estimate of drug-likeness (QED) is 0.450. The Labute approximate surface area is 200 Å². The maximum atomic E-state index is 12.8. The number of nitrogens with one attached hydrogen (secondary N) is 1. The summed E-state index contributed by atoms with van der Waals surface area (Å²) >= 11 is 0. The summed E-state index contributed by atoms with van der Waals surface area (Å²) in [6.45, 7) is 4.89. The molecule has 3 aliphatic heterocycles. The normalized spacial score (nSPS) is 21.3. The van der Waals surface area contributed by atoms with E-state index in [0.717, 1.165) is 31.8 Å². The monoisotopic (exact) mass is 534 g/mol. The van der Waals surface area contributed by atoms with Gasteiger partial charge in [0.2, 0.25) is 0 Å². The second kappa shape index (κ2) is 11.9. The molecular weight excluding hydrogens is 510 g/mol. The van der Waals surface area contributed by atoms with Gasteiger partial charge in [-0.15, -0.1) is 0 Å². The lowest BCUT2D eigenvalue weighted by Crippen LogP contribution is -2.55. The number of carboxylic acids is 2. The van der Waals surface area contributed by atoms with Crippen LogP contribution in [-0.4, -0.2) is 100 Å². The lowest BCUT2D eigenvalue weighted by molar-refractivity contribution is -0.193. The molecule has 3 aliphatic rings. The minimum absolute atomic E-state index is 0.0838. The van der Waals surface area contributed by atoms with Crippen LogP contribution in [-0.2, 0) is 36.0 Å². The SMILES string of the molecule is O=C(C1Cn2ccnc2C2(CCNCC2)O1)N1CCOCC1.O=C(O)C(F)(F)F.O=C(O)C(F)(F)F. The number of piperidine rings is 1. The summed E-state index contributed by atoms with van der Waals surface area (Å²) in [5, 5.41) is 17.6. The first-order valence-electron chi connectivity index (χ1n) is 10.5. The van der Waals surface area contributed by atoms with E-state index in [2.05, 4.69) is 14.9 Å². The molecule has 0 radical (unpaired) electrons. The molecule has 1 unspecified atom stereocenters. The van der Waals surface area contributed by atoms with E-state index in [4.69, 9.17) is 29.3 Å². The van der Waals surface area contributed by atoms with Crippen molar-refractivity contribution in [2.75, 3.05) is 39.4 Å². The van der Waals surface area contributed by atoms with Gasteiger partial charge in [0, 0.05) is 25.5 Å². The molecule has 2 fully saturated rings. The number of fused-ring (bicyclic) bond motifs is 2. The number of imidazole rings is 1. The fourth-order valence-corrected chi connectivity index (χ4v) is 3.68. The Morgan fingerprint density at radius 1 is 1.00 bits per heavy atom. The number of carbonyl (C=O) groups is 3. The average Bonchev–Trinajstić information content (AvgIpc) is 3.29. The fraction of sp³-hybridized carbons (Fsp3) is 0.684. The number of alkyl halides is 6. The number of ether oxygens (including phenoxy) is 2. The number of hydrogen-bond donors (Lipinski definition) is 3. The lowest BCUT2D eigenvalue weighted by atomic mass is 9.89. The second-order valence-corrected chi connectivity index (χ2v) is 7.80. The van der Waals surface area contributed by atoms with Crippen LogP contribution in [0.4, 0.5) is 26.3 Å². The molecule has 204 valence electrons. The van der Waals surface area contributed by atoms with Gasteiger partial charge in [0.25, 0.3) is 5.91 Å². The number of rotatable bonds is 1. The van der Waals surface area contributed by atoms with Gasteiger partial charge < -0.3 is 34.5 Å². The van der Waals surface area contributed by atoms with Crippen LogP contribution in [0.25, 0.3) is 0 Å². The highest BCUT2D eigenvalue weighted by Crippen LogP contribution is 2.38. The Kier molecular flexibility index (Phi) is 9.67. The van der Waals surface area contributed by atoms with Crippen molar-refractivity contribution in [1.82, 2.24) is 19.8 Å². The van der Waals surface area contributed by atoms with Crippen LogP contribution >= 0.6 is 0 Å². The van der Waals surface area contributed by atoms with E-state index in [1.165, 1.54) is 0 Å². The zero-order valence-electron chi connectivity index (χ0n) is 18.6. The van der Waals surface area contributed by atoms with Crippen molar-refractivity contribution in [2.45, 2.75) is 43.4 Å². The van der Waals surface area contributed by atoms with Crippen LogP contribution in [0.15, 0.2) is 12.4 Å². The first-order chi connectivity index (χ1) is 16.7. The zero-order valence-corrected chi connectivity index (χ0v) is 18.6. The standard InChI is InChI=1S/C15H22N4O3.2C2HF3O2/c20-13(18-7-9-21-10-8-18)12-11-19-6-5-17-14(19)15(22-12)1-3-16-4-2-15;2*3-2(4,5)1(6)7/h5-6,12,16H,1-4,7-11H2;2*(H,6,7). The van der Waals surface area contributed by atoms with Gasteiger partial charge in [0.1, 0.15) is 11.4 Å². The van der Waals surface area contributed by atoms with E-state index < -0.39 is 36.0 Å². The molecule has 4 heterocycles. The molecule has 0 bridgehead atoms.